The monoisotopic (exact) mass is 506 g/mol. The molecule has 1 aliphatic carbocycles. The van der Waals surface area contributed by atoms with Crippen molar-refractivity contribution in [3.05, 3.63) is 18.0 Å². The van der Waals surface area contributed by atoms with Gasteiger partial charge >= 0.3 is 0 Å². The molecule has 0 radical (unpaired) electrons. The van der Waals surface area contributed by atoms with Crippen LogP contribution in [0.4, 0.5) is 0 Å². The van der Waals surface area contributed by atoms with Gasteiger partial charge in [0, 0.05) is 37.9 Å². The molecule has 7 nitrogen and oxygen atoms in total. The zero-order valence-electron chi connectivity index (χ0n) is 17.9. The number of rotatable bonds is 9. The number of hydrogen-bond donors (Lipinski definition) is 3. The number of nitrogens with one attached hydrogen (secondary N) is 2. The van der Waals surface area contributed by atoms with E-state index in [-0.39, 0.29) is 30.5 Å². The minimum atomic E-state index is -1.03. The fourth-order valence-corrected chi connectivity index (χ4v) is 3.61. The van der Waals surface area contributed by atoms with Gasteiger partial charge in [-0.1, -0.05) is 19.3 Å². The highest BCUT2D eigenvalue weighted by Crippen LogP contribution is 2.21. The molecule has 0 spiro atoms. The zero-order chi connectivity index (χ0) is 19.7. The van der Waals surface area contributed by atoms with Crippen LogP contribution in [0.3, 0.4) is 0 Å². The molecule has 1 aromatic heterocycles. The van der Waals surface area contributed by atoms with Crippen molar-refractivity contribution in [1.82, 2.24) is 25.3 Å². The van der Waals surface area contributed by atoms with Gasteiger partial charge in [-0.3, -0.25) is 4.68 Å². The molecule has 2 rings (SSSR count). The van der Waals surface area contributed by atoms with E-state index in [2.05, 4.69) is 32.7 Å². The molecule has 28 heavy (non-hydrogen) atoms. The van der Waals surface area contributed by atoms with Gasteiger partial charge in [0.1, 0.15) is 5.60 Å². The Balaban J connectivity index is 0.00000392. The minimum Gasteiger partial charge on any atom is -0.383 e. The molecule has 3 N–H and O–H groups in total. The summed E-state index contributed by atoms with van der Waals surface area (Å²) in [5.74, 6) is 0.752. The Kier molecular flexibility index (Phi) is 11.4. The lowest BCUT2D eigenvalue weighted by atomic mass is 9.94. The van der Waals surface area contributed by atoms with E-state index in [4.69, 9.17) is 0 Å². The molecule has 1 aliphatic rings. The summed E-state index contributed by atoms with van der Waals surface area (Å²) in [6.45, 7) is 6.88. The Morgan fingerprint density at radius 2 is 2.07 bits per heavy atom. The summed E-state index contributed by atoms with van der Waals surface area (Å²) in [6, 6.07) is 0.759. The lowest BCUT2D eigenvalue weighted by Gasteiger charge is -2.31. The molecule has 0 aromatic carbocycles. The first kappa shape index (κ1) is 25.2. The first-order valence-electron chi connectivity index (χ1n) is 10.4. The third kappa shape index (κ3) is 8.24. The lowest BCUT2D eigenvalue weighted by molar-refractivity contribution is 0.0672. The van der Waals surface area contributed by atoms with Gasteiger partial charge in [-0.05, 0) is 46.7 Å². The van der Waals surface area contributed by atoms with Gasteiger partial charge in [-0.2, -0.15) is 5.10 Å². The van der Waals surface area contributed by atoms with Crippen molar-refractivity contribution in [2.75, 3.05) is 33.2 Å². The van der Waals surface area contributed by atoms with Crippen molar-refractivity contribution < 1.29 is 5.11 Å². The maximum atomic E-state index is 10.7. The second-order valence-electron chi connectivity index (χ2n) is 7.92. The van der Waals surface area contributed by atoms with Crippen LogP contribution >= 0.6 is 24.0 Å². The maximum absolute atomic E-state index is 10.7. The number of aryl methyl sites for hydroxylation is 1. The first-order valence-corrected chi connectivity index (χ1v) is 10.4. The number of aromatic nitrogens is 2. The van der Waals surface area contributed by atoms with Crippen molar-refractivity contribution in [3.63, 3.8) is 0 Å². The SMILES string of the molecule is CCNC(=NCC(C)(O)c1cnn(C)c1)NCCCN(C)C1CCCCC1.I. The summed E-state index contributed by atoms with van der Waals surface area (Å²) in [4.78, 5) is 7.08. The van der Waals surface area contributed by atoms with Gasteiger partial charge in [0.05, 0.1) is 12.7 Å². The van der Waals surface area contributed by atoms with E-state index >= 15 is 0 Å². The third-order valence-electron chi connectivity index (χ3n) is 5.39. The van der Waals surface area contributed by atoms with Gasteiger partial charge in [-0.15, -0.1) is 24.0 Å². The summed E-state index contributed by atoms with van der Waals surface area (Å²) in [5.41, 5.74) is -0.253. The lowest BCUT2D eigenvalue weighted by Crippen LogP contribution is -2.40. The number of aliphatic imine (C=N–C) groups is 1. The van der Waals surface area contributed by atoms with Crippen LogP contribution in [0, 0.1) is 0 Å². The molecule has 1 fully saturated rings. The van der Waals surface area contributed by atoms with E-state index in [1.54, 1.807) is 17.8 Å². The van der Waals surface area contributed by atoms with Gasteiger partial charge in [-0.25, -0.2) is 4.99 Å². The van der Waals surface area contributed by atoms with Crippen molar-refractivity contribution in [1.29, 1.82) is 0 Å². The van der Waals surface area contributed by atoms with Crippen LogP contribution in [0.15, 0.2) is 17.4 Å². The number of guanidine groups is 1. The number of hydrogen-bond acceptors (Lipinski definition) is 4. The molecule has 1 unspecified atom stereocenters. The smallest absolute Gasteiger partial charge is 0.191 e. The second kappa shape index (κ2) is 12.6. The normalized spacial score (nSPS) is 17.9. The van der Waals surface area contributed by atoms with E-state index in [1.165, 1.54) is 32.1 Å². The number of aliphatic hydroxyl groups is 1. The van der Waals surface area contributed by atoms with Crippen LogP contribution in [-0.4, -0.2) is 65.0 Å². The Hall–Kier alpha value is -0.870. The molecule has 1 atom stereocenters. The summed E-state index contributed by atoms with van der Waals surface area (Å²) in [6.07, 6.45) is 11.4. The van der Waals surface area contributed by atoms with E-state index in [1.807, 2.05) is 20.2 Å². The fraction of sp³-hybridized carbons (Fsp3) is 0.800. The fourth-order valence-electron chi connectivity index (χ4n) is 3.61. The molecule has 1 saturated carbocycles. The first-order chi connectivity index (χ1) is 12.9. The van der Waals surface area contributed by atoms with E-state index in [0.717, 1.165) is 43.6 Å². The molecule has 0 saturated heterocycles. The van der Waals surface area contributed by atoms with E-state index in [9.17, 15) is 5.11 Å². The second-order valence-corrected chi connectivity index (χ2v) is 7.92. The summed E-state index contributed by atoms with van der Waals surface area (Å²) >= 11 is 0. The predicted molar refractivity (Wildman–Crippen MR) is 126 cm³/mol. The molecule has 1 heterocycles. The summed E-state index contributed by atoms with van der Waals surface area (Å²) < 4.78 is 1.69. The molecular weight excluding hydrogens is 467 g/mol. The number of nitrogens with zero attached hydrogens (tertiary/aromatic N) is 4. The highest BCUT2D eigenvalue weighted by Gasteiger charge is 2.24. The average Bonchev–Trinajstić information content (AvgIpc) is 3.11. The van der Waals surface area contributed by atoms with Gasteiger partial charge in [0.25, 0.3) is 0 Å². The molecule has 0 amide bonds. The Morgan fingerprint density at radius 1 is 1.36 bits per heavy atom. The summed E-state index contributed by atoms with van der Waals surface area (Å²) in [5, 5.41) is 21.5. The van der Waals surface area contributed by atoms with Crippen LogP contribution in [0.5, 0.6) is 0 Å². The maximum Gasteiger partial charge on any atom is 0.191 e. The molecular formula is C20H39IN6O. The minimum absolute atomic E-state index is 0. The van der Waals surface area contributed by atoms with E-state index < -0.39 is 5.60 Å². The predicted octanol–water partition coefficient (Wildman–Crippen LogP) is 2.46. The highest BCUT2D eigenvalue weighted by molar-refractivity contribution is 14.0. The third-order valence-corrected chi connectivity index (χ3v) is 5.39. The molecule has 1 aromatic rings. The number of halogens is 1. The van der Waals surface area contributed by atoms with E-state index in [0.29, 0.717) is 0 Å². The zero-order valence-corrected chi connectivity index (χ0v) is 20.3. The molecule has 162 valence electrons. The van der Waals surface area contributed by atoms with Crippen LogP contribution in [-0.2, 0) is 12.6 Å². The Labute approximate surface area is 187 Å². The Bertz CT molecular complexity index is 583. The summed E-state index contributed by atoms with van der Waals surface area (Å²) in [7, 11) is 4.10. The highest BCUT2D eigenvalue weighted by atomic mass is 127. The molecule has 0 aliphatic heterocycles. The van der Waals surface area contributed by atoms with Crippen LogP contribution in [0.2, 0.25) is 0 Å². The van der Waals surface area contributed by atoms with Gasteiger partial charge in [0.15, 0.2) is 5.96 Å². The standard InChI is InChI=1S/C20H38N6O.HI/c1-5-21-19(23-16-20(2,27)17-14-24-26(4)15-17)22-12-9-13-25(3)18-10-7-6-8-11-18;/h14-15,18,27H,5-13,16H2,1-4H3,(H2,21,22,23);1H. The van der Waals surface area contributed by atoms with Crippen molar-refractivity contribution in [2.45, 2.75) is 64.0 Å². The van der Waals surface area contributed by atoms with Crippen molar-refractivity contribution in [3.8, 4) is 0 Å². The Morgan fingerprint density at radius 3 is 2.68 bits per heavy atom. The van der Waals surface area contributed by atoms with Crippen molar-refractivity contribution in [2.24, 2.45) is 12.0 Å². The van der Waals surface area contributed by atoms with Crippen LogP contribution in [0.1, 0.15) is 57.9 Å². The van der Waals surface area contributed by atoms with Crippen LogP contribution < -0.4 is 10.6 Å². The average molecular weight is 506 g/mol. The largest absolute Gasteiger partial charge is 0.383 e. The molecule has 8 heteroatoms. The topological polar surface area (TPSA) is 77.7 Å². The van der Waals surface area contributed by atoms with Gasteiger partial charge in [0.2, 0.25) is 0 Å². The van der Waals surface area contributed by atoms with Crippen LogP contribution in [0.25, 0.3) is 0 Å². The van der Waals surface area contributed by atoms with Gasteiger partial charge < -0.3 is 20.6 Å². The molecule has 0 bridgehead atoms. The van der Waals surface area contributed by atoms with Crippen molar-refractivity contribution >= 4 is 29.9 Å². The quantitative estimate of drug-likeness (QED) is 0.208.